The molecule has 0 spiro atoms. The molecule has 0 radical (unpaired) electrons. The first kappa shape index (κ1) is 28.1. The number of amides is 3. The minimum atomic E-state index is -0.276. The van der Waals surface area contributed by atoms with Gasteiger partial charge in [0, 0.05) is 44.4 Å². The topological polar surface area (TPSA) is 87.2 Å². The van der Waals surface area contributed by atoms with Crippen LogP contribution in [-0.4, -0.2) is 86.2 Å². The summed E-state index contributed by atoms with van der Waals surface area (Å²) in [5, 5.41) is 5.34. The SMILES string of the molecule is COCCN(Cc1nc(C(=O)N(CCN(C)C)Cc2ccccc2)cs1)C(=O)Nc1ccc(OC)cc1. The van der Waals surface area contributed by atoms with Crippen molar-refractivity contribution in [3.8, 4) is 5.75 Å². The third-order valence-electron chi connectivity index (χ3n) is 5.61. The van der Waals surface area contributed by atoms with Crippen molar-refractivity contribution >= 4 is 29.0 Å². The molecule has 0 fully saturated rings. The molecule has 2 aromatic carbocycles. The van der Waals surface area contributed by atoms with E-state index in [0.717, 1.165) is 12.1 Å². The summed E-state index contributed by atoms with van der Waals surface area (Å²) in [6.07, 6.45) is 0. The fraction of sp³-hybridized carbons (Fsp3) is 0.370. The lowest BCUT2D eigenvalue weighted by Gasteiger charge is -2.24. The lowest BCUT2D eigenvalue weighted by Crippen LogP contribution is -2.37. The Morgan fingerprint density at radius 2 is 1.65 bits per heavy atom. The average molecular weight is 526 g/mol. The van der Waals surface area contributed by atoms with Gasteiger partial charge in [0.2, 0.25) is 0 Å². The van der Waals surface area contributed by atoms with Gasteiger partial charge in [0.15, 0.2) is 0 Å². The molecule has 0 bridgehead atoms. The molecular weight excluding hydrogens is 490 g/mol. The number of carbonyl (C=O) groups excluding carboxylic acids is 2. The molecule has 0 aliphatic rings. The standard InChI is InChI=1S/C27H35N5O4S/c1-30(2)14-15-31(18-21-8-6-5-7-9-21)26(33)24-20-37-25(29-24)19-32(16-17-35-3)27(34)28-22-10-12-23(36-4)13-11-22/h5-13,20H,14-19H2,1-4H3,(H,28,34). The van der Waals surface area contributed by atoms with Crippen molar-refractivity contribution in [2.24, 2.45) is 0 Å². The summed E-state index contributed by atoms with van der Waals surface area (Å²) >= 11 is 1.37. The smallest absolute Gasteiger partial charge is 0.322 e. The van der Waals surface area contributed by atoms with Crippen molar-refractivity contribution in [2.45, 2.75) is 13.1 Å². The molecule has 0 atom stereocenters. The van der Waals surface area contributed by atoms with Gasteiger partial charge in [-0.25, -0.2) is 9.78 Å². The molecule has 1 heterocycles. The van der Waals surface area contributed by atoms with E-state index < -0.39 is 0 Å². The summed E-state index contributed by atoms with van der Waals surface area (Å²) in [5.74, 6) is 0.584. The number of nitrogens with one attached hydrogen (secondary N) is 1. The first-order valence-corrected chi connectivity index (χ1v) is 12.9. The second-order valence-electron chi connectivity index (χ2n) is 8.72. The van der Waals surface area contributed by atoms with Crippen molar-refractivity contribution < 1.29 is 19.1 Å². The van der Waals surface area contributed by atoms with Gasteiger partial charge in [-0.1, -0.05) is 30.3 Å². The van der Waals surface area contributed by atoms with Crippen molar-refractivity contribution in [3.05, 3.63) is 76.2 Å². The third-order valence-corrected chi connectivity index (χ3v) is 6.44. The van der Waals surface area contributed by atoms with Crippen molar-refractivity contribution in [3.63, 3.8) is 0 Å². The highest BCUT2D eigenvalue weighted by Gasteiger charge is 2.21. The molecule has 3 rings (SSSR count). The van der Waals surface area contributed by atoms with E-state index in [1.54, 1.807) is 48.8 Å². The second kappa shape index (κ2) is 14.3. The quantitative estimate of drug-likeness (QED) is 0.363. The second-order valence-corrected chi connectivity index (χ2v) is 9.66. The number of thiazole rings is 1. The van der Waals surface area contributed by atoms with Crippen molar-refractivity contribution in [2.75, 3.05) is 59.9 Å². The number of aromatic nitrogens is 1. The number of benzene rings is 2. The van der Waals surface area contributed by atoms with Crippen LogP contribution in [0.4, 0.5) is 10.5 Å². The van der Waals surface area contributed by atoms with Gasteiger partial charge >= 0.3 is 6.03 Å². The first-order valence-electron chi connectivity index (χ1n) is 12.0. The number of hydrogen-bond donors (Lipinski definition) is 1. The Hall–Kier alpha value is -3.47. The van der Waals surface area contributed by atoms with Crippen LogP contribution in [0.3, 0.4) is 0 Å². The zero-order chi connectivity index (χ0) is 26.6. The predicted molar refractivity (Wildman–Crippen MR) is 146 cm³/mol. The number of methoxy groups -OCH3 is 2. The van der Waals surface area contributed by atoms with Crippen LogP contribution < -0.4 is 10.1 Å². The van der Waals surface area contributed by atoms with Gasteiger partial charge in [0.25, 0.3) is 5.91 Å². The maximum atomic E-state index is 13.4. The molecule has 0 saturated carbocycles. The van der Waals surface area contributed by atoms with Crippen LogP contribution in [0.2, 0.25) is 0 Å². The lowest BCUT2D eigenvalue weighted by molar-refractivity contribution is 0.0726. The molecule has 3 aromatic rings. The summed E-state index contributed by atoms with van der Waals surface area (Å²) in [6, 6.07) is 16.8. The van der Waals surface area contributed by atoms with Crippen LogP contribution in [0.15, 0.2) is 60.0 Å². The Labute approximate surface area is 222 Å². The minimum absolute atomic E-state index is 0.126. The molecule has 198 valence electrons. The van der Waals surface area contributed by atoms with E-state index in [1.807, 2.05) is 54.2 Å². The van der Waals surface area contributed by atoms with E-state index in [4.69, 9.17) is 9.47 Å². The van der Waals surface area contributed by atoms with E-state index in [9.17, 15) is 9.59 Å². The van der Waals surface area contributed by atoms with E-state index >= 15 is 0 Å². The Bertz CT molecular complexity index is 1120. The molecular formula is C27H35N5O4S. The maximum Gasteiger partial charge on any atom is 0.322 e. The Morgan fingerprint density at radius 3 is 2.30 bits per heavy atom. The normalized spacial score (nSPS) is 10.8. The summed E-state index contributed by atoms with van der Waals surface area (Å²) in [6.45, 7) is 2.85. The summed E-state index contributed by atoms with van der Waals surface area (Å²) in [7, 11) is 7.15. The van der Waals surface area contributed by atoms with Crippen molar-refractivity contribution in [1.82, 2.24) is 19.7 Å². The fourth-order valence-corrected chi connectivity index (χ4v) is 4.30. The van der Waals surface area contributed by atoms with Crippen LogP contribution in [0.1, 0.15) is 21.1 Å². The molecule has 3 amide bonds. The summed E-state index contributed by atoms with van der Waals surface area (Å²) in [4.78, 5) is 36.5. The van der Waals surface area contributed by atoms with Gasteiger partial charge in [-0.3, -0.25) is 4.79 Å². The highest BCUT2D eigenvalue weighted by atomic mass is 32.1. The number of hydrogen-bond acceptors (Lipinski definition) is 7. The van der Waals surface area contributed by atoms with E-state index in [2.05, 4.69) is 10.3 Å². The van der Waals surface area contributed by atoms with Gasteiger partial charge in [-0.05, 0) is 43.9 Å². The van der Waals surface area contributed by atoms with Gasteiger partial charge in [0.05, 0.1) is 20.3 Å². The number of urea groups is 1. The first-order chi connectivity index (χ1) is 17.9. The van der Waals surface area contributed by atoms with Crippen LogP contribution in [0.5, 0.6) is 5.75 Å². The zero-order valence-electron chi connectivity index (χ0n) is 21.8. The van der Waals surface area contributed by atoms with Crippen LogP contribution >= 0.6 is 11.3 Å². The monoisotopic (exact) mass is 525 g/mol. The Balaban J connectivity index is 1.70. The minimum Gasteiger partial charge on any atom is -0.497 e. The highest BCUT2D eigenvalue weighted by molar-refractivity contribution is 7.09. The van der Waals surface area contributed by atoms with Gasteiger partial charge in [-0.15, -0.1) is 11.3 Å². The fourth-order valence-electron chi connectivity index (χ4n) is 3.51. The lowest BCUT2D eigenvalue weighted by atomic mass is 10.2. The van der Waals surface area contributed by atoms with E-state index in [0.29, 0.717) is 48.4 Å². The molecule has 10 heteroatoms. The number of rotatable bonds is 13. The number of ether oxygens (including phenoxy) is 2. The van der Waals surface area contributed by atoms with E-state index in [1.165, 1.54) is 11.3 Å². The molecule has 0 aliphatic carbocycles. The zero-order valence-corrected chi connectivity index (χ0v) is 22.7. The number of likely N-dealkylation sites (N-methyl/N-ethyl adjacent to an activating group) is 1. The van der Waals surface area contributed by atoms with E-state index in [-0.39, 0.29) is 18.5 Å². The molecule has 1 N–H and O–H groups in total. The van der Waals surface area contributed by atoms with Crippen LogP contribution in [0, 0.1) is 0 Å². The Morgan fingerprint density at radius 1 is 0.919 bits per heavy atom. The molecule has 9 nitrogen and oxygen atoms in total. The average Bonchev–Trinajstić information content (AvgIpc) is 3.38. The van der Waals surface area contributed by atoms with Gasteiger partial charge < -0.3 is 29.5 Å². The number of anilines is 1. The number of carbonyl (C=O) groups is 2. The molecule has 0 saturated heterocycles. The Kier molecular flexibility index (Phi) is 10.9. The van der Waals surface area contributed by atoms with Crippen molar-refractivity contribution in [1.29, 1.82) is 0 Å². The molecule has 37 heavy (non-hydrogen) atoms. The number of nitrogens with zero attached hydrogens (tertiary/aromatic N) is 4. The van der Waals surface area contributed by atoms with Gasteiger partial charge in [0.1, 0.15) is 16.5 Å². The maximum absolute atomic E-state index is 13.4. The summed E-state index contributed by atoms with van der Waals surface area (Å²) in [5.41, 5.74) is 2.10. The molecule has 1 aromatic heterocycles. The van der Waals surface area contributed by atoms with Crippen LogP contribution in [0.25, 0.3) is 0 Å². The molecule has 0 aliphatic heterocycles. The molecule has 0 unspecified atom stereocenters. The predicted octanol–water partition coefficient (Wildman–Crippen LogP) is 4.04. The van der Waals surface area contributed by atoms with Crippen LogP contribution in [-0.2, 0) is 17.8 Å². The van der Waals surface area contributed by atoms with Gasteiger partial charge in [-0.2, -0.15) is 0 Å². The largest absolute Gasteiger partial charge is 0.497 e. The summed E-state index contributed by atoms with van der Waals surface area (Å²) < 4.78 is 10.4. The highest BCUT2D eigenvalue weighted by Crippen LogP contribution is 2.18. The third kappa shape index (κ3) is 8.85.